The van der Waals surface area contributed by atoms with E-state index in [1.807, 2.05) is 28.6 Å². The minimum atomic E-state index is 0.0140. The van der Waals surface area contributed by atoms with Crippen LogP contribution in [0.25, 0.3) is 11.0 Å². The van der Waals surface area contributed by atoms with Crippen molar-refractivity contribution in [2.75, 3.05) is 33.0 Å². The number of nitrogens with two attached hydrogens (primary N) is 1. The van der Waals surface area contributed by atoms with Crippen LogP contribution in [0.1, 0.15) is 43.5 Å². The van der Waals surface area contributed by atoms with Gasteiger partial charge in [0.05, 0.1) is 25.6 Å². The summed E-state index contributed by atoms with van der Waals surface area (Å²) in [5, 5.41) is 5.35. The number of amides is 1. The van der Waals surface area contributed by atoms with E-state index in [1.54, 1.807) is 20.3 Å². The molecular formula is C23H26N6O3. The van der Waals surface area contributed by atoms with Crippen molar-refractivity contribution in [1.82, 2.24) is 24.6 Å². The van der Waals surface area contributed by atoms with Crippen LogP contribution in [-0.2, 0) is 4.79 Å². The highest BCUT2D eigenvalue weighted by molar-refractivity contribution is 5.90. The molecular weight excluding hydrogens is 408 g/mol. The minimum absolute atomic E-state index is 0.0140. The molecule has 1 amide bonds. The Bertz CT molecular complexity index is 1190. The lowest BCUT2D eigenvalue weighted by atomic mass is 10.2. The van der Waals surface area contributed by atoms with Crippen LogP contribution in [0.5, 0.6) is 11.5 Å². The molecule has 32 heavy (non-hydrogen) atoms. The van der Waals surface area contributed by atoms with Crippen molar-refractivity contribution in [3.63, 3.8) is 0 Å². The van der Waals surface area contributed by atoms with Crippen LogP contribution >= 0.6 is 0 Å². The van der Waals surface area contributed by atoms with Crippen molar-refractivity contribution in [2.45, 2.75) is 32.2 Å². The summed E-state index contributed by atoms with van der Waals surface area (Å²) in [4.78, 5) is 22.8. The molecule has 1 atom stereocenters. The lowest BCUT2D eigenvalue weighted by molar-refractivity contribution is -0.130. The number of hydrogen-bond donors (Lipinski definition) is 1. The van der Waals surface area contributed by atoms with Gasteiger partial charge in [0.15, 0.2) is 5.65 Å². The Balaban J connectivity index is 1.71. The van der Waals surface area contributed by atoms with Crippen LogP contribution in [0.15, 0.2) is 24.5 Å². The molecule has 9 nitrogen and oxygen atoms in total. The maximum Gasteiger partial charge on any atom is 0.222 e. The fourth-order valence-electron chi connectivity index (χ4n) is 3.89. The van der Waals surface area contributed by atoms with E-state index in [9.17, 15) is 4.79 Å². The van der Waals surface area contributed by atoms with Crippen LogP contribution in [0.3, 0.4) is 0 Å². The fourth-order valence-corrected chi connectivity index (χ4v) is 3.89. The molecule has 0 bridgehead atoms. The van der Waals surface area contributed by atoms with Crippen LogP contribution < -0.4 is 15.2 Å². The van der Waals surface area contributed by atoms with Crippen LogP contribution in [0.2, 0.25) is 0 Å². The number of methoxy groups -OCH3 is 2. The zero-order valence-corrected chi connectivity index (χ0v) is 18.5. The van der Waals surface area contributed by atoms with Gasteiger partial charge in [-0.25, -0.2) is 14.6 Å². The Morgan fingerprint density at radius 2 is 1.94 bits per heavy atom. The van der Waals surface area contributed by atoms with Crippen LogP contribution in [0.4, 0.5) is 5.82 Å². The minimum Gasteiger partial charge on any atom is -0.497 e. The van der Waals surface area contributed by atoms with Crippen LogP contribution in [0, 0.1) is 11.8 Å². The van der Waals surface area contributed by atoms with Crippen LogP contribution in [-0.4, -0.2) is 57.9 Å². The number of nitrogens with zero attached hydrogens (tertiary/aromatic N) is 5. The SMILES string of the molecule is CCCC(=O)N1CC[C@H](n2nc(C#Cc3cc(OC)cc(OC)c3)c3c(N)ncnc32)C1. The molecule has 0 radical (unpaired) electrons. The third-order valence-corrected chi connectivity index (χ3v) is 5.52. The Morgan fingerprint density at radius 1 is 1.19 bits per heavy atom. The first kappa shape index (κ1) is 21.4. The number of aromatic nitrogens is 4. The van der Waals surface area contributed by atoms with Gasteiger partial charge < -0.3 is 20.1 Å². The molecule has 3 aromatic rings. The van der Waals surface area contributed by atoms with Crippen molar-refractivity contribution in [3.8, 4) is 23.3 Å². The molecule has 1 fully saturated rings. The molecule has 1 saturated heterocycles. The molecule has 1 aliphatic heterocycles. The van der Waals surface area contributed by atoms with E-state index in [4.69, 9.17) is 20.3 Å². The number of fused-ring (bicyclic) bond motifs is 1. The zero-order chi connectivity index (χ0) is 22.7. The molecule has 0 aliphatic carbocycles. The van der Waals surface area contributed by atoms with Gasteiger partial charge in [0.1, 0.15) is 29.3 Å². The predicted octanol–water partition coefficient (Wildman–Crippen LogP) is 2.40. The molecule has 0 saturated carbocycles. The molecule has 2 N–H and O–H groups in total. The summed E-state index contributed by atoms with van der Waals surface area (Å²) in [5.74, 6) is 8.02. The third-order valence-electron chi connectivity index (χ3n) is 5.52. The van der Waals surface area contributed by atoms with Gasteiger partial charge in [0.25, 0.3) is 0 Å². The molecule has 4 rings (SSSR count). The summed E-state index contributed by atoms with van der Waals surface area (Å²) >= 11 is 0. The number of rotatable bonds is 5. The number of benzene rings is 1. The molecule has 3 heterocycles. The van der Waals surface area contributed by atoms with Gasteiger partial charge in [0.2, 0.25) is 5.91 Å². The van der Waals surface area contributed by atoms with Gasteiger partial charge in [-0.05, 0) is 30.9 Å². The number of carbonyl (C=O) groups is 1. The lowest BCUT2D eigenvalue weighted by Crippen LogP contribution is -2.28. The van der Waals surface area contributed by atoms with E-state index in [0.29, 0.717) is 53.6 Å². The number of nitrogen functional groups attached to an aromatic ring is 1. The maximum absolute atomic E-state index is 12.3. The van der Waals surface area contributed by atoms with Crippen molar-refractivity contribution in [3.05, 3.63) is 35.8 Å². The van der Waals surface area contributed by atoms with Crippen molar-refractivity contribution < 1.29 is 14.3 Å². The first-order valence-electron chi connectivity index (χ1n) is 10.6. The first-order chi connectivity index (χ1) is 15.5. The number of hydrogen-bond acceptors (Lipinski definition) is 7. The van der Waals surface area contributed by atoms with Gasteiger partial charge in [-0.15, -0.1) is 0 Å². The van der Waals surface area contributed by atoms with E-state index in [2.05, 4.69) is 21.8 Å². The van der Waals surface area contributed by atoms with Crippen molar-refractivity contribution in [1.29, 1.82) is 0 Å². The van der Waals surface area contributed by atoms with E-state index < -0.39 is 0 Å². The normalized spacial score (nSPS) is 15.5. The van der Waals surface area contributed by atoms with Gasteiger partial charge in [-0.2, -0.15) is 5.10 Å². The van der Waals surface area contributed by atoms with Gasteiger partial charge >= 0.3 is 0 Å². The highest BCUT2D eigenvalue weighted by Crippen LogP contribution is 2.29. The Morgan fingerprint density at radius 3 is 2.62 bits per heavy atom. The Kier molecular flexibility index (Phi) is 6.12. The van der Waals surface area contributed by atoms with Gasteiger partial charge in [-0.1, -0.05) is 12.8 Å². The zero-order valence-electron chi connectivity index (χ0n) is 18.5. The second kappa shape index (κ2) is 9.14. The molecule has 2 aromatic heterocycles. The number of carbonyl (C=O) groups excluding carboxylic acids is 1. The Hall–Kier alpha value is -3.80. The largest absolute Gasteiger partial charge is 0.497 e. The fraction of sp³-hybridized carbons (Fsp3) is 0.391. The number of likely N-dealkylation sites (tertiary alicyclic amines) is 1. The molecule has 9 heteroatoms. The standard InChI is InChI=1S/C23H26N6O3/c1-4-5-20(30)28-9-8-16(13-28)29-23-21(22(24)25-14-26-23)19(27-29)7-6-15-10-17(31-2)12-18(11-15)32-3/h10-12,14,16H,4-5,8-9,13H2,1-3H3,(H2,24,25,26)/t16-/m0/s1. The summed E-state index contributed by atoms with van der Waals surface area (Å²) in [6.07, 6.45) is 3.62. The number of anilines is 1. The predicted molar refractivity (Wildman–Crippen MR) is 120 cm³/mol. The van der Waals surface area contributed by atoms with E-state index in [1.165, 1.54) is 6.33 Å². The smallest absolute Gasteiger partial charge is 0.222 e. The van der Waals surface area contributed by atoms with Gasteiger partial charge in [-0.3, -0.25) is 4.79 Å². The molecule has 1 aliphatic rings. The second-order valence-corrected chi connectivity index (χ2v) is 7.63. The quantitative estimate of drug-likeness (QED) is 0.614. The molecule has 1 aromatic carbocycles. The highest BCUT2D eigenvalue weighted by Gasteiger charge is 2.30. The van der Waals surface area contributed by atoms with Crippen molar-refractivity contribution >= 4 is 22.8 Å². The average molecular weight is 435 g/mol. The second-order valence-electron chi connectivity index (χ2n) is 7.63. The summed E-state index contributed by atoms with van der Waals surface area (Å²) in [6, 6.07) is 5.44. The number of ether oxygens (including phenoxy) is 2. The summed E-state index contributed by atoms with van der Waals surface area (Å²) in [5.41, 5.74) is 8.01. The third kappa shape index (κ3) is 4.17. The monoisotopic (exact) mass is 434 g/mol. The summed E-state index contributed by atoms with van der Waals surface area (Å²) < 4.78 is 12.5. The average Bonchev–Trinajstić information content (AvgIpc) is 3.43. The molecule has 0 unspecified atom stereocenters. The topological polar surface area (TPSA) is 108 Å². The maximum atomic E-state index is 12.3. The molecule has 0 spiro atoms. The van der Waals surface area contributed by atoms with Crippen molar-refractivity contribution in [2.24, 2.45) is 0 Å². The first-order valence-corrected chi connectivity index (χ1v) is 10.6. The summed E-state index contributed by atoms with van der Waals surface area (Å²) in [7, 11) is 3.19. The highest BCUT2D eigenvalue weighted by atomic mass is 16.5. The van der Waals surface area contributed by atoms with Gasteiger partial charge in [0, 0.05) is 31.1 Å². The molecule has 166 valence electrons. The van der Waals surface area contributed by atoms with E-state index >= 15 is 0 Å². The van der Waals surface area contributed by atoms with E-state index in [0.717, 1.165) is 18.4 Å². The lowest BCUT2D eigenvalue weighted by Gasteiger charge is -2.16. The summed E-state index contributed by atoms with van der Waals surface area (Å²) in [6.45, 7) is 3.31. The Labute approximate surface area is 186 Å². The van der Waals surface area contributed by atoms with E-state index in [-0.39, 0.29) is 11.9 Å².